The molecule has 0 unspecified atom stereocenters. The first-order valence-corrected chi connectivity index (χ1v) is 16.0. The van der Waals surface area contributed by atoms with Crippen molar-refractivity contribution in [2.45, 2.75) is 58.4 Å². The van der Waals surface area contributed by atoms with Crippen LogP contribution in [0.3, 0.4) is 0 Å². The number of aryl methyl sites for hydroxylation is 2. The summed E-state index contributed by atoms with van der Waals surface area (Å²) in [5.41, 5.74) is -0.343. The highest BCUT2D eigenvalue weighted by Crippen LogP contribution is 2.39. The minimum Gasteiger partial charge on any atom is -1.00 e. The lowest BCUT2D eigenvalue weighted by molar-refractivity contribution is -0.694. The van der Waals surface area contributed by atoms with Crippen molar-refractivity contribution >= 4 is 10.8 Å². The molecule has 0 atom stereocenters. The third-order valence-corrected chi connectivity index (χ3v) is 8.74. The van der Waals surface area contributed by atoms with Crippen molar-refractivity contribution in [2.24, 2.45) is 0 Å². The minimum absolute atomic E-state index is 0. The Kier molecular flexibility index (Phi) is 12.2. The molecule has 0 saturated heterocycles. The van der Waals surface area contributed by atoms with Gasteiger partial charge in [0.1, 0.15) is 12.2 Å². The number of para-hydroxylation sites is 1. The lowest BCUT2D eigenvalue weighted by atomic mass is 9.86. The zero-order valence-electron chi connectivity index (χ0n) is 29.3. The Morgan fingerprint density at radius 1 is 0.692 bits per heavy atom. The summed E-state index contributed by atoms with van der Waals surface area (Å²) in [5.74, 6) is -8.37. The van der Waals surface area contributed by atoms with E-state index in [-0.39, 0.29) is 35.9 Å². The minimum atomic E-state index is -5.66. The first-order valence-electron chi connectivity index (χ1n) is 16.0. The molecule has 0 bridgehead atoms. The van der Waals surface area contributed by atoms with Gasteiger partial charge in [-0.25, -0.2) is 17.6 Å². The highest BCUT2D eigenvalue weighted by molar-refractivity contribution is 5.87. The van der Waals surface area contributed by atoms with Crippen molar-refractivity contribution in [3.8, 4) is 23.0 Å². The number of methoxy groups -OCH3 is 3. The van der Waals surface area contributed by atoms with Crippen LogP contribution < -0.4 is 35.9 Å². The van der Waals surface area contributed by atoms with Crippen molar-refractivity contribution < 1.29 is 66.7 Å². The molecule has 13 heteroatoms. The van der Waals surface area contributed by atoms with E-state index in [0.29, 0.717) is 29.9 Å². The standard InChI is InChI=1S/C39H37F7NO4.ClH/c1-38(2,3)25-13-10-22(11-14-25)12-15-28-26-19-31(50-6)30(49-5)18-23(26)16-17-47(28)20-24-8-7-9-29(48-4)37(24)51-21-27-33(40)35(42)32(39(44,45)46)36(43)34(27)41;/h7-11,13-14,16-19H,12,15,20-21H2,1-6H3;1H/q+1;/p-1. The van der Waals surface area contributed by atoms with Gasteiger partial charge in [-0.15, -0.1) is 0 Å². The molecule has 0 aliphatic carbocycles. The molecule has 0 N–H and O–H groups in total. The first kappa shape index (κ1) is 40.1. The van der Waals surface area contributed by atoms with Gasteiger partial charge in [0.2, 0.25) is 0 Å². The fourth-order valence-corrected chi connectivity index (χ4v) is 5.95. The predicted octanol–water partition coefficient (Wildman–Crippen LogP) is 6.44. The molecule has 4 aromatic carbocycles. The number of hydrogen-bond donors (Lipinski definition) is 0. The Morgan fingerprint density at radius 3 is 1.85 bits per heavy atom. The van der Waals surface area contributed by atoms with E-state index in [1.807, 2.05) is 29.0 Å². The fraction of sp³-hybridized carbons (Fsp3) is 0.308. The van der Waals surface area contributed by atoms with Crippen molar-refractivity contribution in [3.63, 3.8) is 0 Å². The lowest BCUT2D eigenvalue weighted by Crippen LogP contribution is -3.00. The van der Waals surface area contributed by atoms with Crippen LogP contribution in [0, 0.1) is 23.3 Å². The van der Waals surface area contributed by atoms with E-state index in [1.165, 1.54) is 25.8 Å². The van der Waals surface area contributed by atoms with Gasteiger partial charge in [-0.2, -0.15) is 17.7 Å². The maximum absolute atomic E-state index is 14.8. The normalized spacial score (nSPS) is 11.7. The molecule has 0 amide bonds. The predicted molar refractivity (Wildman–Crippen MR) is 178 cm³/mol. The maximum atomic E-state index is 14.8. The number of nitrogens with zero attached hydrogens (tertiary/aromatic N) is 1. The van der Waals surface area contributed by atoms with Crippen LogP contribution in [-0.2, 0) is 37.6 Å². The van der Waals surface area contributed by atoms with Crippen LogP contribution in [0.2, 0.25) is 0 Å². The van der Waals surface area contributed by atoms with Gasteiger partial charge in [-0.1, -0.05) is 51.1 Å². The molecule has 0 aliphatic heterocycles. The number of hydrogen-bond acceptors (Lipinski definition) is 4. The van der Waals surface area contributed by atoms with E-state index in [9.17, 15) is 30.7 Å². The van der Waals surface area contributed by atoms with E-state index in [4.69, 9.17) is 18.9 Å². The molecule has 278 valence electrons. The summed E-state index contributed by atoms with van der Waals surface area (Å²) in [4.78, 5) is 0. The molecule has 5 rings (SSSR count). The van der Waals surface area contributed by atoms with Gasteiger partial charge in [0.15, 0.2) is 64.7 Å². The summed E-state index contributed by atoms with van der Waals surface area (Å²) in [6.07, 6.45) is -2.56. The number of pyridine rings is 1. The van der Waals surface area contributed by atoms with Crippen LogP contribution in [0.1, 0.15) is 54.3 Å². The average molecular weight is 752 g/mol. The summed E-state index contributed by atoms with van der Waals surface area (Å²) < 4.78 is 122. The molecule has 5 nitrogen and oxygen atoms in total. The summed E-state index contributed by atoms with van der Waals surface area (Å²) in [6.45, 7) is 5.44. The second-order valence-corrected chi connectivity index (χ2v) is 13.0. The monoisotopic (exact) mass is 751 g/mol. The number of rotatable bonds is 11. The zero-order valence-corrected chi connectivity index (χ0v) is 30.0. The van der Waals surface area contributed by atoms with Gasteiger partial charge < -0.3 is 31.4 Å². The molecule has 0 saturated carbocycles. The number of halogens is 8. The number of ether oxygens (including phenoxy) is 4. The Morgan fingerprint density at radius 2 is 1.29 bits per heavy atom. The van der Waals surface area contributed by atoms with Crippen LogP contribution in [0.5, 0.6) is 23.0 Å². The highest BCUT2D eigenvalue weighted by atomic mass is 35.5. The molecule has 1 heterocycles. The molecule has 1 aromatic heterocycles. The van der Waals surface area contributed by atoms with Crippen molar-refractivity contribution in [3.05, 3.63) is 124 Å². The third kappa shape index (κ3) is 8.17. The molecule has 0 aliphatic rings. The third-order valence-electron chi connectivity index (χ3n) is 8.74. The SMILES string of the molecule is COc1cc2cc[n+](Cc3cccc(OC)c3OCc3c(F)c(F)c(C(F)(F)F)c(F)c3F)c(CCc3ccc(C(C)(C)C)cc3)c2cc1OC.[Cl-]. The van der Waals surface area contributed by atoms with Crippen molar-refractivity contribution in [1.29, 1.82) is 0 Å². The molecule has 0 radical (unpaired) electrons. The Hall–Kier alpha value is -4.71. The lowest BCUT2D eigenvalue weighted by Gasteiger charge is -2.19. The summed E-state index contributed by atoms with van der Waals surface area (Å²) in [6, 6.07) is 18.9. The highest BCUT2D eigenvalue weighted by Gasteiger charge is 2.42. The van der Waals surface area contributed by atoms with Crippen LogP contribution in [0.4, 0.5) is 30.7 Å². The van der Waals surface area contributed by atoms with Gasteiger partial charge in [0, 0.05) is 12.5 Å². The second-order valence-electron chi connectivity index (χ2n) is 13.0. The molecule has 0 spiro atoms. The summed E-state index contributed by atoms with van der Waals surface area (Å²) >= 11 is 0. The Balaban J connectivity index is 0.00000605. The molecular weight excluding hydrogens is 715 g/mol. The Bertz CT molecular complexity index is 2030. The summed E-state index contributed by atoms with van der Waals surface area (Å²) in [5, 5.41) is 1.74. The van der Waals surface area contributed by atoms with Gasteiger partial charge in [-0.3, -0.25) is 0 Å². The second kappa shape index (κ2) is 15.9. The van der Waals surface area contributed by atoms with Crippen LogP contribution in [-0.4, -0.2) is 21.3 Å². The molecule has 0 fully saturated rings. The summed E-state index contributed by atoms with van der Waals surface area (Å²) in [7, 11) is 4.41. The number of fused-ring (bicyclic) bond motifs is 1. The molecule has 52 heavy (non-hydrogen) atoms. The van der Waals surface area contributed by atoms with E-state index in [2.05, 4.69) is 45.0 Å². The van der Waals surface area contributed by atoms with Crippen LogP contribution >= 0.6 is 0 Å². The van der Waals surface area contributed by atoms with Gasteiger partial charge in [0.05, 0.1) is 37.8 Å². The largest absolute Gasteiger partial charge is 1.00 e. The smallest absolute Gasteiger partial charge is 0.422 e. The van der Waals surface area contributed by atoms with Crippen molar-refractivity contribution in [1.82, 2.24) is 0 Å². The maximum Gasteiger partial charge on any atom is 0.422 e. The van der Waals surface area contributed by atoms with Gasteiger partial charge in [-0.05, 0) is 52.6 Å². The number of benzene rings is 4. The first-order chi connectivity index (χ1) is 24.1. The van der Waals surface area contributed by atoms with Crippen LogP contribution in [0.15, 0.2) is 66.9 Å². The van der Waals surface area contributed by atoms with Crippen LogP contribution in [0.25, 0.3) is 10.8 Å². The van der Waals surface area contributed by atoms with Gasteiger partial charge in [0.25, 0.3) is 0 Å². The van der Waals surface area contributed by atoms with Gasteiger partial charge >= 0.3 is 6.18 Å². The number of aromatic nitrogens is 1. The van der Waals surface area contributed by atoms with E-state index in [1.54, 1.807) is 19.2 Å². The van der Waals surface area contributed by atoms with E-state index >= 15 is 0 Å². The molecule has 5 aromatic rings. The quantitative estimate of drug-likeness (QED) is 0.0886. The number of alkyl halides is 3. The topological polar surface area (TPSA) is 40.8 Å². The van der Waals surface area contributed by atoms with E-state index in [0.717, 1.165) is 22.0 Å². The average Bonchev–Trinajstić information content (AvgIpc) is 3.09. The fourth-order valence-electron chi connectivity index (χ4n) is 5.95. The van der Waals surface area contributed by atoms with Crippen molar-refractivity contribution in [2.75, 3.05) is 21.3 Å². The Labute approximate surface area is 303 Å². The zero-order chi connectivity index (χ0) is 37.2. The van der Waals surface area contributed by atoms with E-state index < -0.39 is 47.2 Å². The molecular formula is C39H37ClF7NO4.